The van der Waals surface area contributed by atoms with Crippen molar-refractivity contribution >= 4 is 0 Å². The maximum atomic E-state index is 10.6. The van der Waals surface area contributed by atoms with Crippen LogP contribution in [-0.4, -0.2) is 139 Å². The van der Waals surface area contributed by atoms with Crippen molar-refractivity contribution in [3.05, 3.63) is 12.3 Å². The third-order valence-corrected chi connectivity index (χ3v) is 6.89. The van der Waals surface area contributed by atoms with E-state index in [1.165, 1.54) is 6.26 Å². The molecule has 15 unspecified atom stereocenters. The van der Waals surface area contributed by atoms with E-state index in [1.54, 1.807) is 6.08 Å². The van der Waals surface area contributed by atoms with Crippen molar-refractivity contribution < 1.29 is 69.6 Å². The summed E-state index contributed by atoms with van der Waals surface area (Å²) in [5, 5.41) is 89.9. The minimum absolute atomic E-state index is 0.0482. The van der Waals surface area contributed by atoms with E-state index >= 15 is 0 Å². The summed E-state index contributed by atoms with van der Waals surface area (Å²) in [7, 11) is 0. The first kappa shape index (κ1) is 26.1. The van der Waals surface area contributed by atoms with Gasteiger partial charge in [0.05, 0.1) is 37.6 Å². The van der Waals surface area contributed by atoms with Crippen molar-refractivity contribution in [2.75, 3.05) is 13.2 Å². The monoisotopic (exact) mass is 496 g/mol. The Morgan fingerprint density at radius 2 is 1.21 bits per heavy atom. The average Bonchev–Trinajstić information content (AvgIpc) is 3.15. The van der Waals surface area contributed by atoms with Gasteiger partial charge in [-0.2, -0.15) is 0 Å². The molecule has 1 aliphatic carbocycles. The Hall–Kier alpha value is -0.980. The van der Waals surface area contributed by atoms with E-state index in [0.717, 1.165) is 0 Å². The van der Waals surface area contributed by atoms with Crippen LogP contribution < -0.4 is 0 Å². The van der Waals surface area contributed by atoms with Crippen LogP contribution >= 0.6 is 0 Å². The molecule has 2 saturated heterocycles. The Morgan fingerprint density at radius 3 is 1.74 bits per heavy atom. The topological polar surface area (TPSA) is 228 Å². The van der Waals surface area contributed by atoms with Crippen molar-refractivity contribution in [2.24, 2.45) is 11.8 Å². The fourth-order valence-corrected chi connectivity index (χ4v) is 4.91. The highest BCUT2D eigenvalue weighted by Crippen LogP contribution is 2.43. The van der Waals surface area contributed by atoms with Gasteiger partial charge in [-0.15, -0.1) is 0 Å². The van der Waals surface area contributed by atoms with Crippen molar-refractivity contribution in [2.45, 2.75) is 86.3 Å². The van der Waals surface area contributed by atoms with E-state index < -0.39 is 105 Å². The molecule has 1 saturated carbocycles. The van der Waals surface area contributed by atoms with Gasteiger partial charge in [0.15, 0.2) is 12.6 Å². The lowest BCUT2D eigenvalue weighted by Crippen LogP contribution is -2.61. The Kier molecular flexibility index (Phi) is 8.10. The molecule has 34 heavy (non-hydrogen) atoms. The average molecular weight is 496 g/mol. The smallest absolute Gasteiger partial charge is 0.207 e. The third-order valence-electron chi connectivity index (χ3n) is 6.89. The summed E-state index contributed by atoms with van der Waals surface area (Å²) in [6, 6.07) is 0. The highest BCUT2D eigenvalue weighted by atomic mass is 16.8. The number of hydrogen-bond donors (Lipinski definition) is 9. The number of rotatable bonds is 6. The lowest BCUT2D eigenvalue weighted by molar-refractivity contribution is -0.351. The van der Waals surface area contributed by atoms with Crippen LogP contribution in [0.1, 0.15) is 6.42 Å². The molecule has 0 amide bonds. The Bertz CT molecular complexity index is 705. The number of hydrogen-bond acceptors (Lipinski definition) is 14. The minimum Gasteiger partial charge on any atom is -0.472 e. The van der Waals surface area contributed by atoms with E-state index in [-0.39, 0.29) is 6.42 Å². The van der Waals surface area contributed by atoms with Crippen LogP contribution in [0.2, 0.25) is 0 Å². The molecule has 14 heteroatoms. The van der Waals surface area contributed by atoms with Crippen LogP contribution in [0.5, 0.6) is 0 Å². The normalized spacial score (nSPS) is 53.4. The largest absolute Gasteiger partial charge is 0.472 e. The molecule has 0 aromatic heterocycles. The molecular weight excluding hydrogens is 464 g/mol. The zero-order valence-corrected chi connectivity index (χ0v) is 18.0. The summed E-state index contributed by atoms with van der Waals surface area (Å²) in [6.07, 6.45) is -15.2. The maximum absolute atomic E-state index is 10.6. The summed E-state index contributed by atoms with van der Waals surface area (Å²) >= 11 is 0. The van der Waals surface area contributed by atoms with Crippen LogP contribution in [0.15, 0.2) is 12.3 Å². The molecule has 4 rings (SSSR count). The predicted octanol–water partition coefficient (Wildman–Crippen LogP) is -5.14. The molecule has 3 heterocycles. The van der Waals surface area contributed by atoms with E-state index in [2.05, 4.69) is 0 Å². The van der Waals surface area contributed by atoms with Crippen LogP contribution in [-0.2, 0) is 23.7 Å². The van der Waals surface area contributed by atoms with Gasteiger partial charge >= 0.3 is 0 Å². The van der Waals surface area contributed by atoms with Crippen LogP contribution in [0.25, 0.3) is 0 Å². The molecule has 9 N–H and O–H groups in total. The van der Waals surface area contributed by atoms with Crippen molar-refractivity contribution in [3.63, 3.8) is 0 Å². The van der Waals surface area contributed by atoms with Gasteiger partial charge in [-0.25, -0.2) is 0 Å². The van der Waals surface area contributed by atoms with E-state index in [9.17, 15) is 46.0 Å². The Balaban J connectivity index is 1.49. The molecule has 0 bridgehead atoms. The molecule has 0 aromatic rings. The van der Waals surface area contributed by atoms with Crippen LogP contribution in [0.4, 0.5) is 0 Å². The van der Waals surface area contributed by atoms with Crippen LogP contribution in [0, 0.1) is 11.8 Å². The van der Waals surface area contributed by atoms with Gasteiger partial charge in [0, 0.05) is 12.3 Å². The van der Waals surface area contributed by atoms with Crippen LogP contribution in [0.3, 0.4) is 0 Å². The molecule has 14 nitrogen and oxygen atoms in total. The Labute approximate surface area is 194 Å². The number of fused-ring (bicyclic) bond motifs is 1. The number of aliphatic hydroxyl groups excluding tert-OH is 9. The molecule has 3 aliphatic heterocycles. The van der Waals surface area contributed by atoms with E-state index in [1.807, 2.05) is 0 Å². The van der Waals surface area contributed by atoms with Gasteiger partial charge in [-0.1, -0.05) is 0 Å². The van der Waals surface area contributed by atoms with E-state index in [0.29, 0.717) is 0 Å². The summed E-state index contributed by atoms with van der Waals surface area (Å²) < 4.78 is 27.9. The van der Waals surface area contributed by atoms with Crippen molar-refractivity contribution in [1.82, 2.24) is 0 Å². The second kappa shape index (κ2) is 10.6. The van der Waals surface area contributed by atoms with Gasteiger partial charge in [0.1, 0.15) is 48.8 Å². The van der Waals surface area contributed by atoms with Gasteiger partial charge in [-0.3, -0.25) is 0 Å². The van der Waals surface area contributed by atoms with Gasteiger partial charge < -0.3 is 69.6 Å². The molecular formula is C20H32O14. The fraction of sp³-hybridized carbons (Fsp3) is 0.900. The second-order valence-electron chi connectivity index (χ2n) is 9.00. The molecule has 196 valence electrons. The molecule has 0 spiro atoms. The highest BCUT2D eigenvalue weighted by molar-refractivity contribution is 5.06. The lowest BCUT2D eigenvalue weighted by Gasteiger charge is -2.44. The first-order valence-electron chi connectivity index (χ1n) is 11.1. The van der Waals surface area contributed by atoms with Crippen molar-refractivity contribution in [3.8, 4) is 0 Å². The zero-order valence-electron chi connectivity index (χ0n) is 18.0. The highest BCUT2D eigenvalue weighted by Gasteiger charge is 2.54. The minimum atomic E-state index is -1.68. The maximum Gasteiger partial charge on any atom is 0.207 e. The number of aliphatic hydroxyl groups is 9. The molecule has 3 fully saturated rings. The molecule has 0 radical (unpaired) electrons. The summed E-state index contributed by atoms with van der Waals surface area (Å²) in [5.41, 5.74) is 0. The second-order valence-corrected chi connectivity index (χ2v) is 9.00. The SMILES string of the molecule is OCC1OC(OC2CC(O)C3C=COC(OC4OC(CO)C(O)C(O)C4O)C23)C(O)C(O)C1O. The van der Waals surface area contributed by atoms with Gasteiger partial charge in [-0.05, 0) is 6.08 Å². The number of ether oxygens (including phenoxy) is 5. The molecule has 4 aliphatic rings. The predicted molar refractivity (Wildman–Crippen MR) is 105 cm³/mol. The molecule has 0 aromatic carbocycles. The first-order valence-corrected chi connectivity index (χ1v) is 11.1. The quantitative estimate of drug-likeness (QED) is 0.168. The van der Waals surface area contributed by atoms with Gasteiger partial charge in [0.2, 0.25) is 6.29 Å². The van der Waals surface area contributed by atoms with E-state index in [4.69, 9.17) is 23.7 Å². The molecule has 15 atom stereocenters. The summed E-state index contributed by atoms with van der Waals surface area (Å²) in [6.45, 7) is -1.29. The summed E-state index contributed by atoms with van der Waals surface area (Å²) in [5.74, 6) is -1.28. The standard InChI is InChI=1S/C20H32O14/c21-4-9-12(24)14(26)16(28)19(32-9)31-8-3-7(23)6-1-2-30-18(11(6)8)34-20-17(29)15(27)13(25)10(5-22)33-20/h1-2,6-29H,3-5H2. The first-order chi connectivity index (χ1) is 16.2. The zero-order chi connectivity index (χ0) is 24.7. The fourth-order valence-electron chi connectivity index (χ4n) is 4.91. The Morgan fingerprint density at radius 1 is 0.676 bits per heavy atom. The third kappa shape index (κ3) is 4.71. The van der Waals surface area contributed by atoms with Gasteiger partial charge in [0.25, 0.3) is 0 Å². The lowest BCUT2D eigenvalue weighted by atomic mass is 9.91. The van der Waals surface area contributed by atoms with Crippen molar-refractivity contribution in [1.29, 1.82) is 0 Å². The summed E-state index contributed by atoms with van der Waals surface area (Å²) in [4.78, 5) is 0.